The summed E-state index contributed by atoms with van der Waals surface area (Å²) in [6.07, 6.45) is 5.81. The summed E-state index contributed by atoms with van der Waals surface area (Å²) >= 11 is 2.12. The maximum absolute atomic E-state index is 3.52. The second-order valence-corrected chi connectivity index (χ2v) is 4.17. The van der Waals surface area contributed by atoms with Crippen molar-refractivity contribution in [2.45, 2.75) is 37.0 Å². The van der Waals surface area contributed by atoms with E-state index in [0.717, 1.165) is 11.3 Å². The Labute approximate surface area is 60.6 Å². The van der Waals surface area contributed by atoms with Crippen molar-refractivity contribution in [1.82, 2.24) is 5.32 Å². The molecule has 1 nitrogen and oxygen atoms in total. The van der Waals surface area contributed by atoms with Crippen LogP contribution in [0.25, 0.3) is 0 Å². The van der Waals surface area contributed by atoms with E-state index >= 15 is 0 Å². The highest BCUT2D eigenvalue weighted by Crippen LogP contribution is 2.32. The van der Waals surface area contributed by atoms with Gasteiger partial charge in [0.15, 0.2) is 0 Å². The molecule has 0 aromatic heterocycles. The highest BCUT2D eigenvalue weighted by Gasteiger charge is 2.29. The van der Waals surface area contributed by atoms with Gasteiger partial charge in [-0.3, -0.25) is 0 Å². The zero-order valence-corrected chi connectivity index (χ0v) is 6.41. The molecule has 1 aliphatic carbocycles. The zero-order valence-electron chi connectivity index (χ0n) is 5.60. The molecule has 0 bridgehead atoms. The van der Waals surface area contributed by atoms with Crippen LogP contribution in [0.3, 0.4) is 0 Å². The summed E-state index contributed by atoms with van der Waals surface area (Å²) in [5.74, 6) is 1.20. The van der Waals surface area contributed by atoms with Gasteiger partial charge in [-0.05, 0) is 12.8 Å². The van der Waals surface area contributed by atoms with Crippen molar-refractivity contribution in [1.29, 1.82) is 0 Å². The number of fused-ring (bicyclic) bond motifs is 1. The van der Waals surface area contributed by atoms with Gasteiger partial charge in [-0.2, -0.15) is 0 Å². The fourth-order valence-corrected chi connectivity index (χ4v) is 3.11. The maximum Gasteiger partial charge on any atom is 0.0423 e. The lowest BCUT2D eigenvalue weighted by molar-refractivity contribution is 0.419. The molecule has 0 unspecified atom stereocenters. The van der Waals surface area contributed by atoms with Crippen molar-refractivity contribution in [3.63, 3.8) is 0 Å². The van der Waals surface area contributed by atoms with E-state index in [9.17, 15) is 0 Å². The predicted octanol–water partition coefficient (Wildman–Crippen LogP) is 1.59. The summed E-state index contributed by atoms with van der Waals surface area (Å²) in [5.41, 5.74) is 0. The second-order valence-electron chi connectivity index (χ2n) is 2.94. The van der Waals surface area contributed by atoms with Crippen molar-refractivity contribution in [3.05, 3.63) is 0 Å². The molecule has 0 radical (unpaired) electrons. The largest absolute Gasteiger partial charge is 0.304 e. The summed E-state index contributed by atoms with van der Waals surface area (Å²) < 4.78 is 0. The highest BCUT2D eigenvalue weighted by molar-refractivity contribution is 8.00. The zero-order chi connectivity index (χ0) is 6.10. The Morgan fingerprint density at radius 3 is 3.00 bits per heavy atom. The van der Waals surface area contributed by atoms with E-state index in [4.69, 9.17) is 0 Å². The molecule has 1 saturated carbocycles. The van der Waals surface area contributed by atoms with E-state index in [2.05, 4.69) is 17.1 Å². The summed E-state index contributed by atoms with van der Waals surface area (Å²) in [4.78, 5) is 0. The van der Waals surface area contributed by atoms with Crippen LogP contribution in [0.5, 0.6) is 0 Å². The first kappa shape index (κ1) is 6.05. The molecule has 2 heteroatoms. The summed E-state index contributed by atoms with van der Waals surface area (Å²) in [7, 11) is 0. The SMILES string of the molecule is C1CC[C@@H]2SCN[C@H]2C1. The van der Waals surface area contributed by atoms with Gasteiger partial charge in [-0.25, -0.2) is 0 Å². The minimum atomic E-state index is 0.878. The first-order chi connectivity index (χ1) is 4.47. The lowest BCUT2D eigenvalue weighted by Crippen LogP contribution is -2.32. The van der Waals surface area contributed by atoms with Crippen molar-refractivity contribution >= 4 is 11.8 Å². The molecule has 2 aliphatic rings. The average molecular weight is 143 g/mol. The van der Waals surface area contributed by atoms with Crippen molar-refractivity contribution < 1.29 is 0 Å². The van der Waals surface area contributed by atoms with E-state index < -0.39 is 0 Å². The molecule has 9 heavy (non-hydrogen) atoms. The van der Waals surface area contributed by atoms with Crippen LogP contribution >= 0.6 is 11.8 Å². The molecule has 1 heterocycles. The van der Waals surface area contributed by atoms with Crippen molar-refractivity contribution in [2.24, 2.45) is 0 Å². The molecule has 2 fully saturated rings. The van der Waals surface area contributed by atoms with Crippen LogP contribution < -0.4 is 5.32 Å². The van der Waals surface area contributed by atoms with Crippen LogP contribution in [0.2, 0.25) is 0 Å². The van der Waals surface area contributed by atoms with Gasteiger partial charge in [0.05, 0.1) is 0 Å². The quantitative estimate of drug-likeness (QED) is 0.552. The van der Waals surface area contributed by atoms with Gasteiger partial charge in [-0.1, -0.05) is 12.8 Å². The summed E-state index contributed by atoms with van der Waals surface area (Å²) in [5, 5.41) is 4.49. The Bertz CT molecular complexity index is 93.1. The molecule has 1 saturated heterocycles. The lowest BCUT2D eigenvalue weighted by Gasteiger charge is -2.23. The van der Waals surface area contributed by atoms with E-state index in [1.165, 1.54) is 31.6 Å². The molecule has 0 amide bonds. The minimum Gasteiger partial charge on any atom is -0.304 e. The van der Waals surface area contributed by atoms with Crippen molar-refractivity contribution in [2.75, 3.05) is 5.88 Å². The molecule has 2 atom stereocenters. The molecule has 0 aromatic rings. The van der Waals surface area contributed by atoms with Gasteiger partial charge in [0.25, 0.3) is 0 Å². The molecule has 52 valence electrons. The van der Waals surface area contributed by atoms with Crippen LogP contribution in [0, 0.1) is 0 Å². The van der Waals surface area contributed by atoms with E-state index in [1.54, 1.807) is 0 Å². The van der Waals surface area contributed by atoms with Crippen LogP contribution in [-0.4, -0.2) is 17.2 Å². The normalized spacial score (nSPS) is 42.7. The molecular formula is C7H13NS. The predicted molar refractivity (Wildman–Crippen MR) is 41.6 cm³/mol. The van der Waals surface area contributed by atoms with Crippen LogP contribution in [0.15, 0.2) is 0 Å². The van der Waals surface area contributed by atoms with E-state index in [1.807, 2.05) is 0 Å². The van der Waals surface area contributed by atoms with Gasteiger partial charge < -0.3 is 5.32 Å². The van der Waals surface area contributed by atoms with Crippen molar-refractivity contribution in [3.8, 4) is 0 Å². The van der Waals surface area contributed by atoms with E-state index in [0.29, 0.717) is 0 Å². The fourth-order valence-electron chi connectivity index (χ4n) is 1.79. The number of rotatable bonds is 0. The monoisotopic (exact) mass is 143 g/mol. The van der Waals surface area contributed by atoms with Gasteiger partial charge >= 0.3 is 0 Å². The van der Waals surface area contributed by atoms with Gasteiger partial charge in [-0.15, -0.1) is 11.8 Å². The molecule has 0 aromatic carbocycles. The fraction of sp³-hybridized carbons (Fsp3) is 1.00. The smallest absolute Gasteiger partial charge is 0.0423 e. The van der Waals surface area contributed by atoms with Crippen LogP contribution in [-0.2, 0) is 0 Å². The third-order valence-corrected chi connectivity index (χ3v) is 3.67. The third-order valence-electron chi connectivity index (χ3n) is 2.35. The number of hydrogen-bond donors (Lipinski definition) is 1. The Morgan fingerprint density at radius 2 is 2.11 bits per heavy atom. The average Bonchev–Trinajstić information content (AvgIpc) is 2.33. The van der Waals surface area contributed by atoms with Crippen LogP contribution in [0.1, 0.15) is 25.7 Å². The molecular weight excluding hydrogens is 130 g/mol. The topological polar surface area (TPSA) is 12.0 Å². The summed E-state index contributed by atoms with van der Waals surface area (Å²) in [6, 6.07) is 0.878. The number of nitrogens with one attached hydrogen (secondary N) is 1. The molecule has 2 rings (SSSR count). The standard InChI is InChI=1S/C7H13NS/c1-2-4-7-6(3-1)8-5-9-7/h6-8H,1-5H2/t6-,7-/m0/s1. The number of thioether (sulfide) groups is 1. The van der Waals surface area contributed by atoms with Gasteiger partial charge in [0.1, 0.15) is 0 Å². The number of hydrogen-bond acceptors (Lipinski definition) is 2. The Hall–Kier alpha value is 0.310. The Kier molecular flexibility index (Phi) is 1.68. The van der Waals surface area contributed by atoms with Gasteiger partial charge in [0, 0.05) is 17.2 Å². The van der Waals surface area contributed by atoms with Crippen LogP contribution in [0.4, 0.5) is 0 Å². The third kappa shape index (κ3) is 1.10. The molecule has 1 N–H and O–H groups in total. The Balaban J connectivity index is 1.97. The Morgan fingerprint density at radius 1 is 1.22 bits per heavy atom. The summed E-state index contributed by atoms with van der Waals surface area (Å²) in [6.45, 7) is 0. The lowest BCUT2D eigenvalue weighted by atomic mass is 9.95. The van der Waals surface area contributed by atoms with Gasteiger partial charge in [0.2, 0.25) is 0 Å². The first-order valence-electron chi connectivity index (χ1n) is 3.82. The molecule has 0 spiro atoms. The second kappa shape index (κ2) is 2.51. The minimum absolute atomic E-state index is 0.878. The molecule has 1 aliphatic heterocycles. The highest BCUT2D eigenvalue weighted by atomic mass is 32.2. The first-order valence-corrected chi connectivity index (χ1v) is 4.87. The maximum atomic E-state index is 3.52. The van der Waals surface area contributed by atoms with E-state index in [-0.39, 0.29) is 0 Å².